The molecule has 0 bridgehead atoms. The smallest absolute Gasteiger partial charge is 0.333 e. The Morgan fingerprint density at radius 3 is 2.39 bits per heavy atom. The number of amides is 1. The van der Waals surface area contributed by atoms with E-state index in [1.54, 1.807) is 30.1 Å². The van der Waals surface area contributed by atoms with E-state index in [1.807, 2.05) is 49.4 Å². The van der Waals surface area contributed by atoms with Crippen molar-refractivity contribution in [2.75, 3.05) is 7.11 Å². The lowest BCUT2D eigenvalue weighted by Crippen LogP contribution is -2.44. The molecule has 170 valence electrons. The summed E-state index contributed by atoms with van der Waals surface area (Å²) in [5, 5.41) is 2.77. The molecule has 0 fully saturated rings. The van der Waals surface area contributed by atoms with Gasteiger partial charge in [0.15, 0.2) is 11.2 Å². The van der Waals surface area contributed by atoms with Gasteiger partial charge in [-0.2, -0.15) is 0 Å². The van der Waals surface area contributed by atoms with Gasteiger partial charge in [0, 0.05) is 13.1 Å². The molecule has 4 rings (SSSR count). The van der Waals surface area contributed by atoms with Gasteiger partial charge in [-0.3, -0.25) is 14.2 Å². The van der Waals surface area contributed by atoms with E-state index in [-0.39, 0.29) is 19.6 Å². The number of methoxy groups -OCH3 is 1. The first-order chi connectivity index (χ1) is 16.0. The average molecular weight is 447 g/mol. The topological polar surface area (TPSA) is 100 Å². The van der Waals surface area contributed by atoms with Crippen LogP contribution in [0.1, 0.15) is 18.1 Å². The second kappa shape index (κ2) is 9.56. The van der Waals surface area contributed by atoms with Gasteiger partial charge in [0.1, 0.15) is 12.3 Å². The van der Waals surface area contributed by atoms with E-state index in [9.17, 15) is 14.4 Å². The van der Waals surface area contributed by atoms with E-state index in [1.165, 1.54) is 4.57 Å². The quantitative estimate of drug-likeness (QED) is 0.444. The highest BCUT2D eigenvalue weighted by atomic mass is 16.5. The molecular formula is C24H25N5O4. The summed E-state index contributed by atoms with van der Waals surface area (Å²) >= 11 is 0. The zero-order chi connectivity index (χ0) is 23.4. The number of hydrogen-bond acceptors (Lipinski definition) is 5. The molecule has 1 amide bonds. The van der Waals surface area contributed by atoms with Crippen molar-refractivity contribution in [2.24, 2.45) is 0 Å². The van der Waals surface area contributed by atoms with Crippen LogP contribution in [0.25, 0.3) is 11.2 Å². The number of fused-ring (bicyclic) bond motifs is 1. The third-order valence-electron chi connectivity index (χ3n) is 5.46. The maximum Gasteiger partial charge on any atom is 0.333 e. The highest BCUT2D eigenvalue weighted by Gasteiger charge is 2.19. The standard InChI is InChI=1S/C24H25N5O4/c1-3-27-16-26-22-21(27)23(31)29(24(32)28(22)14-18-7-5-4-6-8-18)15-20(30)25-13-17-9-11-19(33-2)12-10-17/h4-12,16H,3,13-15H2,1-2H3,(H,25,30). The molecule has 0 radical (unpaired) electrons. The molecule has 0 aliphatic carbocycles. The Balaban J connectivity index is 1.65. The summed E-state index contributed by atoms with van der Waals surface area (Å²) in [6, 6.07) is 16.7. The first-order valence-electron chi connectivity index (χ1n) is 10.6. The number of rotatable bonds is 8. The van der Waals surface area contributed by atoms with Crippen LogP contribution in [0.3, 0.4) is 0 Å². The van der Waals surface area contributed by atoms with Crippen molar-refractivity contribution < 1.29 is 9.53 Å². The molecule has 0 atom stereocenters. The summed E-state index contributed by atoms with van der Waals surface area (Å²) in [4.78, 5) is 43.4. The fourth-order valence-electron chi connectivity index (χ4n) is 3.67. The Morgan fingerprint density at radius 2 is 1.73 bits per heavy atom. The van der Waals surface area contributed by atoms with Gasteiger partial charge < -0.3 is 14.6 Å². The van der Waals surface area contributed by atoms with Crippen LogP contribution in [0.5, 0.6) is 5.75 Å². The number of carbonyl (C=O) groups is 1. The molecule has 9 heteroatoms. The second-order valence-electron chi connectivity index (χ2n) is 7.57. The molecule has 0 aliphatic rings. The molecular weight excluding hydrogens is 422 g/mol. The fourth-order valence-corrected chi connectivity index (χ4v) is 3.67. The largest absolute Gasteiger partial charge is 0.497 e. The lowest BCUT2D eigenvalue weighted by atomic mass is 10.2. The molecule has 0 spiro atoms. The maximum atomic E-state index is 13.3. The van der Waals surface area contributed by atoms with E-state index in [0.29, 0.717) is 17.7 Å². The van der Waals surface area contributed by atoms with Crippen LogP contribution in [0, 0.1) is 0 Å². The number of nitrogens with zero attached hydrogens (tertiary/aromatic N) is 4. The molecule has 9 nitrogen and oxygen atoms in total. The molecule has 2 heterocycles. The van der Waals surface area contributed by atoms with Gasteiger partial charge in [0.25, 0.3) is 5.56 Å². The van der Waals surface area contributed by atoms with Crippen LogP contribution >= 0.6 is 0 Å². The lowest BCUT2D eigenvalue weighted by molar-refractivity contribution is -0.121. The second-order valence-corrected chi connectivity index (χ2v) is 7.57. The summed E-state index contributed by atoms with van der Waals surface area (Å²) in [5.74, 6) is 0.287. The van der Waals surface area contributed by atoms with Gasteiger partial charge in [-0.05, 0) is 30.2 Å². The summed E-state index contributed by atoms with van der Waals surface area (Å²) in [6.45, 7) is 2.53. The highest BCUT2D eigenvalue weighted by Crippen LogP contribution is 2.11. The van der Waals surface area contributed by atoms with Gasteiger partial charge in [-0.25, -0.2) is 14.3 Å². The maximum absolute atomic E-state index is 13.3. The van der Waals surface area contributed by atoms with Crippen LogP contribution in [-0.2, 0) is 31.0 Å². The third kappa shape index (κ3) is 4.57. The fraction of sp³-hybridized carbons (Fsp3) is 0.250. The molecule has 2 aromatic carbocycles. The van der Waals surface area contributed by atoms with Crippen molar-refractivity contribution in [3.63, 3.8) is 0 Å². The van der Waals surface area contributed by atoms with E-state index in [0.717, 1.165) is 21.4 Å². The zero-order valence-electron chi connectivity index (χ0n) is 18.5. The number of benzene rings is 2. The molecule has 0 saturated heterocycles. The first-order valence-corrected chi connectivity index (χ1v) is 10.6. The summed E-state index contributed by atoms with van der Waals surface area (Å²) < 4.78 is 9.23. The van der Waals surface area contributed by atoms with Crippen molar-refractivity contribution >= 4 is 17.1 Å². The van der Waals surface area contributed by atoms with Crippen molar-refractivity contribution in [2.45, 2.75) is 33.1 Å². The molecule has 0 saturated carbocycles. The average Bonchev–Trinajstić information content (AvgIpc) is 3.28. The van der Waals surface area contributed by atoms with Crippen LogP contribution in [0.2, 0.25) is 0 Å². The Bertz CT molecular complexity index is 1380. The Kier molecular flexibility index (Phi) is 6.39. The van der Waals surface area contributed by atoms with E-state index < -0.39 is 17.2 Å². The van der Waals surface area contributed by atoms with Gasteiger partial charge in [0.2, 0.25) is 5.91 Å². The van der Waals surface area contributed by atoms with Crippen LogP contribution in [-0.4, -0.2) is 31.7 Å². The highest BCUT2D eigenvalue weighted by molar-refractivity contribution is 5.76. The van der Waals surface area contributed by atoms with Crippen LogP contribution < -0.4 is 21.3 Å². The first kappa shape index (κ1) is 22.1. The molecule has 33 heavy (non-hydrogen) atoms. The van der Waals surface area contributed by atoms with Gasteiger partial charge in [-0.15, -0.1) is 0 Å². The van der Waals surface area contributed by atoms with Crippen molar-refractivity contribution in [1.82, 2.24) is 24.0 Å². The van der Waals surface area contributed by atoms with Crippen molar-refractivity contribution in [1.29, 1.82) is 0 Å². The number of aryl methyl sites for hydroxylation is 1. The Labute approximate surface area is 189 Å². The molecule has 0 unspecified atom stereocenters. The molecule has 4 aromatic rings. The minimum atomic E-state index is -0.572. The Hall–Kier alpha value is -4.14. The lowest BCUT2D eigenvalue weighted by Gasteiger charge is -2.13. The zero-order valence-corrected chi connectivity index (χ0v) is 18.5. The molecule has 1 N–H and O–H groups in total. The monoisotopic (exact) mass is 447 g/mol. The van der Waals surface area contributed by atoms with Crippen LogP contribution in [0.15, 0.2) is 70.5 Å². The SMILES string of the molecule is CCn1cnc2c1c(=O)n(CC(=O)NCc1ccc(OC)cc1)c(=O)n2Cc1ccccc1. The van der Waals surface area contributed by atoms with Gasteiger partial charge >= 0.3 is 5.69 Å². The summed E-state index contributed by atoms with van der Waals surface area (Å²) in [6.07, 6.45) is 1.54. The minimum absolute atomic E-state index is 0.241. The predicted octanol–water partition coefficient (Wildman–Crippen LogP) is 1.75. The minimum Gasteiger partial charge on any atom is -0.497 e. The molecule has 2 aromatic heterocycles. The molecule has 0 aliphatic heterocycles. The number of carbonyl (C=O) groups excluding carboxylic acids is 1. The van der Waals surface area contributed by atoms with Crippen molar-refractivity contribution in [3.05, 3.63) is 92.9 Å². The van der Waals surface area contributed by atoms with Gasteiger partial charge in [0.05, 0.1) is 20.0 Å². The van der Waals surface area contributed by atoms with E-state index >= 15 is 0 Å². The summed E-state index contributed by atoms with van der Waals surface area (Å²) in [7, 11) is 1.58. The van der Waals surface area contributed by atoms with E-state index in [2.05, 4.69) is 10.3 Å². The number of nitrogens with one attached hydrogen (secondary N) is 1. The predicted molar refractivity (Wildman–Crippen MR) is 124 cm³/mol. The number of imidazole rings is 1. The summed E-state index contributed by atoms with van der Waals surface area (Å²) in [5.41, 5.74) is 1.27. The van der Waals surface area contributed by atoms with Crippen molar-refractivity contribution in [3.8, 4) is 5.75 Å². The number of aromatic nitrogens is 4. The Morgan fingerprint density at radius 1 is 1.00 bits per heavy atom. The van der Waals surface area contributed by atoms with Crippen LogP contribution in [0.4, 0.5) is 0 Å². The van der Waals surface area contributed by atoms with E-state index in [4.69, 9.17) is 4.74 Å². The normalized spacial score (nSPS) is 11.0. The number of ether oxygens (including phenoxy) is 1. The number of hydrogen-bond donors (Lipinski definition) is 1. The van der Waals surface area contributed by atoms with Gasteiger partial charge in [-0.1, -0.05) is 42.5 Å². The third-order valence-corrected chi connectivity index (χ3v) is 5.46.